The van der Waals surface area contributed by atoms with Gasteiger partial charge in [0.2, 0.25) is 11.8 Å². The van der Waals surface area contributed by atoms with Crippen molar-refractivity contribution in [2.45, 2.75) is 6.61 Å². The fourth-order valence-electron chi connectivity index (χ4n) is 2.52. The van der Waals surface area contributed by atoms with Crippen molar-refractivity contribution in [1.29, 1.82) is 0 Å². The van der Waals surface area contributed by atoms with Gasteiger partial charge in [0, 0.05) is 34.5 Å². The molecule has 0 radical (unpaired) electrons. The Labute approximate surface area is 162 Å². The number of ether oxygens (including phenoxy) is 2. The smallest absolute Gasteiger partial charge is 0.222 e. The van der Waals surface area contributed by atoms with Crippen molar-refractivity contribution in [3.05, 3.63) is 65.1 Å². The van der Waals surface area contributed by atoms with Crippen molar-refractivity contribution in [2.75, 3.05) is 27.3 Å². The van der Waals surface area contributed by atoms with E-state index in [1.54, 1.807) is 43.5 Å². The number of benzene rings is 2. The number of aromatic nitrogens is 1. The van der Waals surface area contributed by atoms with E-state index in [1.807, 2.05) is 24.3 Å². The molecule has 2 aromatic carbocycles. The van der Waals surface area contributed by atoms with E-state index in [0.717, 1.165) is 10.8 Å². The summed E-state index contributed by atoms with van der Waals surface area (Å²) in [5.74, 6) is 0.237. The molecule has 5 nitrogen and oxygen atoms in total. The Hall–Kier alpha value is -2.41. The topological polar surface area (TPSA) is 43.8 Å². The highest BCUT2D eigenvalue weighted by atomic mass is 35.5. The molecule has 3 aromatic rings. The molecule has 7 heteroatoms. The van der Waals surface area contributed by atoms with Gasteiger partial charge in [-0.2, -0.15) is 14.4 Å². The Morgan fingerprint density at radius 2 is 1.81 bits per heavy atom. The third kappa shape index (κ3) is 4.86. The van der Waals surface area contributed by atoms with Crippen molar-refractivity contribution in [3.8, 4) is 11.6 Å². The van der Waals surface area contributed by atoms with Gasteiger partial charge in [0.25, 0.3) is 0 Å². The molecule has 142 valence electrons. The van der Waals surface area contributed by atoms with Crippen molar-refractivity contribution in [3.63, 3.8) is 0 Å². The maximum atomic E-state index is 14.3. The molecule has 0 bridgehead atoms. The average molecular weight is 391 g/mol. The van der Waals surface area contributed by atoms with Gasteiger partial charge in [0.1, 0.15) is 19.0 Å². The molecule has 27 heavy (non-hydrogen) atoms. The van der Waals surface area contributed by atoms with E-state index in [1.165, 1.54) is 0 Å². The Kier molecular flexibility index (Phi) is 6.45. The van der Waals surface area contributed by atoms with Crippen LogP contribution in [0.2, 0.25) is 5.02 Å². The number of hydroxylamine groups is 2. The van der Waals surface area contributed by atoms with Crippen molar-refractivity contribution < 1.29 is 18.7 Å². The predicted octanol–water partition coefficient (Wildman–Crippen LogP) is 4.48. The fraction of sp³-hybridized carbons (Fsp3) is 0.250. The van der Waals surface area contributed by atoms with Crippen LogP contribution < -0.4 is 9.47 Å². The highest BCUT2D eigenvalue weighted by Gasteiger charge is 2.10. The lowest BCUT2D eigenvalue weighted by Gasteiger charge is -2.14. The van der Waals surface area contributed by atoms with Crippen molar-refractivity contribution in [1.82, 2.24) is 10.0 Å². The highest BCUT2D eigenvalue weighted by molar-refractivity contribution is 6.35. The zero-order valence-electron chi connectivity index (χ0n) is 15.1. The number of nitrogens with zero attached hydrogens (tertiary/aromatic N) is 2. The first kappa shape index (κ1) is 19.4. The summed E-state index contributed by atoms with van der Waals surface area (Å²) in [5, 5.41) is 4.02. The molecule has 0 amide bonds. The average Bonchev–Trinajstić information content (AvgIpc) is 2.68. The molecule has 3 rings (SSSR count). The summed E-state index contributed by atoms with van der Waals surface area (Å²) in [6.07, 6.45) is 0. The molecule has 0 atom stereocenters. The molecule has 0 saturated carbocycles. The van der Waals surface area contributed by atoms with E-state index in [4.69, 9.17) is 25.9 Å². The maximum absolute atomic E-state index is 14.3. The Morgan fingerprint density at radius 3 is 2.56 bits per heavy atom. The molecular weight excluding hydrogens is 371 g/mol. The minimum Gasteiger partial charge on any atom is -0.488 e. The molecule has 0 N–H and O–H groups in total. The molecule has 0 saturated heterocycles. The van der Waals surface area contributed by atoms with Gasteiger partial charge in [-0.25, -0.2) is 0 Å². The molecule has 1 aromatic heterocycles. The SMILES string of the molecule is CON(C)CCOc1ccc(COc2ccc(Cl)c3ccccc23)c(F)n1. The molecule has 0 unspecified atom stereocenters. The number of pyridine rings is 1. The van der Waals surface area contributed by atoms with Crippen molar-refractivity contribution in [2.24, 2.45) is 0 Å². The molecule has 0 spiro atoms. The first-order chi connectivity index (χ1) is 13.1. The van der Waals surface area contributed by atoms with Crippen LogP contribution in [0.1, 0.15) is 5.56 Å². The summed E-state index contributed by atoms with van der Waals surface area (Å²) in [4.78, 5) is 8.81. The fourth-order valence-corrected chi connectivity index (χ4v) is 2.75. The van der Waals surface area contributed by atoms with Gasteiger partial charge >= 0.3 is 0 Å². The van der Waals surface area contributed by atoms with Gasteiger partial charge < -0.3 is 14.3 Å². The predicted molar refractivity (Wildman–Crippen MR) is 103 cm³/mol. The second kappa shape index (κ2) is 8.99. The molecule has 1 heterocycles. The van der Waals surface area contributed by atoms with Gasteiger partial charge in [-0.05, 0) is 18.2 Å². The molecule has 0 aliphatic rings. The summed E-state index contributed by atoms with van der Waals surface area (Å²) in [7, 11) is 3.34. The highest BCUT2D eigenvalue weighted by Crippen LogP contribution is 2.31. The van der Waals surface area contributed by atoms with Crippen LogP contribution in [0.25, 0.3) is 10.8 Å². The van der Waals surface area contributed by atoms with Gasteiger partial charge in [-0.3, -0.25) is 0 Å². The van der Waals surface area contributed by atoms with Gasteiger partial charge in [0.15, 0.2) is 0 Å². The minimum atomic E-state index is -0.620. The standard InChI is InChI=1S/C20H20ClFN2O3/c1-24(25-2)11-12-26-19-10-7-14(20(22)23-19)13-27-18-9-8-17(21)15-5-3-4-6-16(15)18/h3-10H,11-13H2,1-2H3. The lowest BCUT2D eigenvalue weighted by molar-refractivity contribution is -0.113. The lowest BCUT2D eigenvalue weighted by atomic mass is 10.1. The maximum Gasteiger partial charge on any atom is 0.222 e. The van der Waals surface area contributed by atoms with Crippen LogP contribution in [0.4, 0.5) is 4.39 Å². The summed E-state index contributed by atoms with van der Waals surface area (Å²) >= 11 is 6.21. The summed E-state index contributed by atoms with van der Waals surface area (Å²) in [6, 6.07) is 14.4. The zero-order chi connectivity index (χ0) is 19.2. The Bertz CT molecular complexity index is 923. The third-order valence-corrected chi connectivity index (χ3v) is 4.41. The molecule has 0 aliphatic heterocycles. The normalized spacial score (nSPS) is 11.1. The second-order valence-corrected chi connectivity index (χ2v) is 6.27. The van der Waals surface area contributed by atoms with Crippen LogP contribution in [0.5, 0.6) is 11.6 Å². The lowest BCUT2D eigenvalue weighted by Crippen LogP contribution is -2.23. The second-order valence-electron chi connectivity index (χ2n) is 5.86. The molecular formula is C20H20ClFN2O3. The van der Waals surface area contributed by atoms with E-state index in [0.29, 0.717) is 29.5 Å². The van der Waals surface area contributed by atoms with Gasteiger partial charge in [-0.15, -0.1) is 0 Å². The number of rotatable bonds is 8. The summed E-state index contributed by atoms with van der Waals surface area (Å²) < 4.78 is 25.5. The van der Waals surface area contributed by atoms with E-state index in [9.17, 15) is 4.39 Å². The van der Waals surface area contributed by atoms with E-state index in [-0.39, 0.29) is 12.5 Å². The molecule has 0 fully saturated rings. The van der Waals surface area contributed by atoms with Crippen LogP contribution in [0, 0.1) is 5.95 Å². The number of hydrogen-bond donors (Lipinski definition) is 0. The number of halogens is 2. The number of fused-ring (bicyclic) bond motifs is 1. The number of hydrogen-bond acceptors (Lipinski definition) is 5. The van der Waals surface area contributed by atoms with Crippen LogP contribution >= 0.6 is 11.6 Å². The van der Waals surface area contributed by atoms with E-state index in [2.05, 4.69) is 4.98 Å². The summed E-state index contributed by atoms with van der Waals surface area (Å²) in [5.41, 5.74) is 0.343. The zero-order valence-corrected chi connectivity index (χ0v) is 15.9. The third-order valence-electron chi connectivity index (χ3n) is 4.08. The Morgan fingerprint density at radius 1 is 1.04 bits per heavy atom. The first-order valence-electron chi connectivity index (χ1n) is 8.42. The molecule has 0 aliphatic carbocycles. The number of likely N-dealkylation sites (N-methyl/N-ethyl adjacent to an activating group) is 1. The van der Waals surface area contributed by atoms with Crippen LogP contribution in [0.15, 0.2) is 48.5 Å². The van der Waals surface area contributed by atoms with E-state index < -0.39 is 5.95 Å². The van der Waals surface area contributed by atoms with E-state index >= 15 is 0 Å². The monoisotopic (exact) mass is 390 g/mol. The summed E-state index contributed by atoms with van der Waals surface area (Å²) in [6.45, 7) is 0.925. The Balaban J connectivity index is 1.66. The van der Waals surface area contributed by atoms with Crippen LogP contribution in [0.3, 0.4) is 0 Å². The largest absolute Gasteiger partial charge is 0.488 e. The first-order valence-corrected chi connectivity index (χ1v) is 8.80. The quantitative estimate of drug-likeness (QED) is 0.419. The van der Waals surface area contributed by atoms with Crippen molar-refractivity contribution >= 4 is 22.4 Å². The van der Waals surface area contributed by atoms with Gasteiger partial charge in [0.05, 0.1) is 13.7 Å². The van der Waals surface area contributed by atoms with Crippen LogP contribution in [-0.2, 0) is 11.4 Å². The van der Waals surface area contributed by atoms with Crippen LogP contribution in [-0.4, -0.2) is 37.4 Å². The van der Waals surface area contributed by atoms with Gasteiger partial charge in [-0.1, -0.05) is 35.9 Å². The minimum absolute atomic E-state index is 0.0527.